The Hall–Kier alpha value is -0.590. The molecule has 6 heteroatoms. The second-order valence-corrected chi connectivity index (χ2v) is 7.50. The number of guanidine groups is 1. The molecule has 2 heterocycles. The van der Waals surface area contributed by atoms with Gasteiger partial charge in [0.05, 0.1) is 15.9 Å². The van der Waals surface area contributed by atoms with Crippen molar-refractivity contribution in [2.75, 3.05) is 19.7 Å². The predicted molar refractivity (Wildman–Crippen MR) is 88.4 cm³/mol. The molecule has 1 aromatic heterocycles. The number of aliphatic imine (C=N–C) groups is 1. The van der Waals surface area contributed by atoms with Crippen LogP contribution < -0.4 is 10.6 Å². The zero-order valence-corrected chi connectivity index (χ0v) is 14.4. The Morgan fingerprint density at radius 2 is 2.40 bits per heavy atom. The third-order valence-electron chi connectivity index (χ3n) is 3.32. The topological polar surface area (TPSA) is 45.7 Å². The fourth-order valence-corrected chi connectivity index (χ4v) is 3.39. The molecular formula is C14H22BrN3OS. The van der Waals surface area contributed by atoms with Crippen molar-refractivity contribution in [2.45, 2.75) is 38.8 Å². The van der Waals surface area contributed by atoms with E-state index in [9.17, 15) is 0 Å². The molecule has 20 heavy (non-hydrogen) atoms. The fourth-order valence-electron chi connectivity index (χ4n) is 2.19. The maximum absolute atomic E-state index is 5.79. The van der Waals surface area contributed by atoms with Gasteiger partial charge in [0.1, 0.15) is 0 Å². The molecule has 1 aliphatic heterocycles. The maximum Gasteiger partial charge on any atom is 0.191 e. The van der Waals surface area contributed by atoms with Crippen molar-refractivity contribution < 1.29 is 4.74 Å². The quantitative estimate of drug-likeness (QED) is 0.627. The molecule has 0 radical (unpaired) electrons. The van der Waals surface area contributed by atoms with E-state index in [1.54, 1.807) is 11.3 Å². The number of rotatable bonds is 5. The zero-order valence-electron chi connectivity index (χ0n) is 12.0. The highest BCUT2D eigenvalue weighted by Crippen LogP contribution is 2.24. The van der Waals surface area contributed by atoms with Gasteiger partial charge >= 0.3 is 0 Å². The van der Waals surface area contributed by atoms with Gasteiger partial charge in [-0.3, -0.25) is 0 Å². The van der Waals surface area contributed by atoms with Crippen LogP contribution in [0, 0.1) is 0 Å². The molecule has 2 N–H and O–H groups in total. The van der Waals surface area contributed by atoms with E-state index in [4.69, 9.17) is 4.74 Å². The molecule has 2 rings (SSSR count). The van der Waals surface area contributed by atoms with Gasteiger partial charge in [-0.2, -0.15) is 0 Å². The number of nitrogens with zero attached hydrogens (tertiary/aromatic N) is 1. The summed E-state index contributed by atoms with van der Waals surface area (Å²) in [5.74, 6) is 0.853. The monoisotopic (exact) mass is 359 g/mol. The third kappa shape index (κ3) is 4.75. The summed E-state index contributed by atoms with van der Waals surface area (Å²) in [7, 11) is 0. The molecule has 1 fully saturated rings. The van der Waals surface area contributed by atoms with E-state index in [2.05, 4.69) is 56.8 Å². The summed E-state index contributed by atoms with van der Waals surface area (Å²) in [5.41, 5.74) is 1.17. The summed E-state index contributed by atoms with van der Waals surface area (Å²) < 4.78 is 6.93. The van der Waals surface area contributed by atoms with Crippen molar-refractivity contribution in [3.63, 3.8) is 0 Å². The van der Waals surface area contributed by atoms with Crippen molar-refractivity contribution >= 4 is 33.2 Å². The first-order chi connectivity index (χ1) is 9.61. The van der Waals surface area contributed by atoms with E-state index in [0.29, 0.717) is 6.54 Å². The number of hydrogen-bond donors (Lipinski definition) is 2. The highest BCUT2D eigenvalue weighted by atomic mass is 79.9. The van der Waals surface area contributed by atoms with E-state index in [-0.39, 0.29) is 5.60 Å². The van der Waals surface area contributed by atoms with Crippen molar-refractivity contribution in [3.8, 4) is 0 Å². The third-order valence-corrected chi connectivity index (χ3v) is 4.87. The van der Waals surface area contributed by atoms with Gasteiger partial charge in [0.2, 0.25) is 0 Å². The van der Waals surface area contributed by atoms with Crippen LogP contribution in [0.5, 0.6) is 0 Å². The van der Waals surface area contributed by atoms with Crippen LogP contribution in [0.25, 0.3) is 0 Å². The molecule has 0 spiro atoms. The SMILES string of the molecule is CCNC(=NCc1csc(Br)c1)NCC1(C)CCCO1. The molecule has 1 atom stereocenters. The fraction of sp³-hybridized carbons (Fsp3) is 0.643. The van der Waals surface area contributed by atoms with Gasteiger partial charge in [-0.15, -0.1) is 11.3 Å². The Kier molecular flexibility index (Phi) is 5.86. The van der Waals surface area contributed by atoms with Gasteiger partial charge in [-0.25, -0.2) is 4.99 Å². The summed E-state index contributed by atoms with van der Waals surface area (Å²) in [5, 5.41) is 8.79. The van der Waals surface area contributed by atoms with Gasteiger partial charge in [-0.1, -0.05) is 0 Å². The van der Waals surface area contributed by atoms with Crippen molar-refractivity contribution in [1.29, 1.82) is 0 Å². The van der Waals surface area contributed by atoms with Gasteiger partial charge in [-0.05, 0) is 59.6 Å². The summed E-state index contributed by atoms with van der Waals surface area (Å²) in [6.45, 7) is 7.45. The van der Waals surface area contributed by atoms with Gasteiger partial charge in [0, 0.05) is 19.7 Å². The summed E-state index contributed by atoms with van der Waals surface area (Å²) in [6.07, 6.45) is 2.26. The molecular weight excluding hydrogens is 338 g/mol. The van der Waals surface area contributed by atoms with E-state index in [1.807, 2.05) is 0 Å². The lowest BCUT2D eigenvalue weighted by Gasteiger charge is -2.24. The van der Waals surface area contributed by atoms with Gasteiger partial charge in [0.25, 0.3) is 0 Å². The Balaban J connectivity index is 1.88. The van der Waals surface area contributed by atoms with Gasteiger partial charge < -0.3 is 15.4 Å². The summed E-state index contributed by atoms with van der Waals surface area (Å²) in [6, 6.07) is 2.11. The molecule has 4 nitrogen and oxygen atoms in total. The molecule has 1 unspecified atom stereocenters. The number of halogens is 1. The minimum Gasteiger partial charge on any atom is -0.373 e. The van der Waals surface area contributed by atoms with Crippen molar-refractivity contribution in [2.24, 2.45) is 4.99 Å². The van der Waals surface area contributed by atoms with Crippen LogP contribution in [0.1, 0.15) is 32.3 Å². The number of ether oxygens (including phenoxy) is 1. The highest BCUT2D eigenvalue weighted by molar-refractivity contribution is 9.11. The minimum absolute atomic E-state index is 0.0540. The second kappa shape index (κ2) is 7.43. The van der Waals surface area contributed by atoms with Crippen LogP contribution in [0.2, 0.25) is 0 Å². The zero-order chi connectivity index (χ0) is 14.4. The molecule has 1 aliphatic rings. The average molecular weight is 360 g/mol. The minimum atomic E-state index is -0.0540. The van der Waals surface area contributed by atoms with E-state index in [0.717, 1.165) is 42.3 Å². The normalized spacial score (nSPS) is 23.1. The highest BCUT2D eigenvalue weighted by Gasteiger charge is 2.29. The molecule has 0 amide bonds. The Morgan fingerprint density at radius 3 is 3.00 bits per heavy atom. The lowest BCUT2D eigenvalue weighted by Crippen LogP contribution is -2.45. The standard InChI is InChI=1S/C14H22BrN3OS/c1-3-16-13(17-8-11-7-12(15)20-9-11)18-10-14(2)5-4-6-19-14/h7,9H,3-6,8,10H2,1-2H3,(H2,16,17,18). The Bertz CT molecular complexity index is 455. The average Bonchev–Trinajstić information content (AvgIpc) is 3.03. The van der Waals surface area contributed by atoms with E-state index < -0.39 is 0 Å². The molecule has 0 saturated carbocycles. The predicted octanol–water partition coefficient (Wildman–Crippen LogP) is 3.13. The number of hydrogen-bond acceptors (Lipinski definition) is 3. The van der Waals surface area contributed by atoms with E-state index in [1.165, 1.54) is 5.56 Å². The van der Waals surface area contributed by atoms with Crippen LogP contribution in [-0.4, -0.2) is 31.3 Å². The lowest BCUT2D eigenvalue weighted by molar-refractivity contribution is 0.0243. The lowest BCUT2D eigenvalue weighted by atomic mass is 10.0. The van der Waals surface area contributed by atoms with Crippen LogP contribution in [0.3, 0.4) is 0 Å². The first-order valence-electron chi connectivity index (χ1n) is 7.00. The second-order valence-electron chi connectivity index (χ2n) is 5.21. The molecule has 1 saturated heterocycles. The number of thiophene rings is 1. The van der Waals surface area contributed by atoms with Crippen LogP contribution in [0.15, 0.2) is 20.2 Å². The van der Waals surface area contributed by atoms with Crippen molar-refractivity contribution in [1.82, 2.24) is 10.6 Å². The molecule has 112 valence electrons. The molecule has 1 aromatic rings. The van der Waals surface area contributed by atoms with Gasteiger partial charge in [0.15, 0.2) is 5.96 Å². The Labute approximate surface area is 133 Å². The first kappa shape index (κ1) is 15.8. The maximum atomic E-state index is 5.79. The Morgan fingerprint density at radius 1 is 1.55 bits per heavy atom. The number of nitrogens with one attached hydrogen (secondary N) is 2. The smallest absolute Gasteiger partial charge is 0.191 e. The van der Waals surface area contributed by atoms with Crippen LogP contribution in [-0.2, 0) is 11.3 Å². The largest absolute Gasteiger partial charge is 0.373 e. The molecule has 0 aliphatic carbocycles. The molecule has 0 bridgehead atoms. The summed E-state index contributed by atoms with van der Waals surface area (Å²) >= 11 is 5.16. The van der Waals surface area contributed by atoms with Crippen LogP contribution >= 0.6 is 27.3 Å². The van der Waals surface area contributed by atoms with E-state index >= 15 is 0 Å². The van der Waals surface area contributed by atoms with Crippen molar-refractivity contribution in [3.05, 3.63) is 20.8 Å². The van der Waals surface area contributed by atoms with Crippen LogP contribution in [0.4, 0.5) is 0 Å². The first-order valence-corrected chi connectivity index (χ1v) is 8.67. The summed E-state index contributed by atoms with van der Waals surface area (Å²) in [4.78, 5) is 4.61. The molecule has 0 aromatic carbocycles.